The standard InChI is InChI=1S/C21H26N6O4S2/c1-12-5-6-16(27(28)29)11-17(12)33(30,31)26-9-7-25(8-10-26)14(3)20-23-19(22)18-13(2)15(4)32-21(18)24-20/h5-6,11,14H,7-10H2,1-4H3,(H2,22,23,24). The fourth-order valence-corrected chi connectivity index (χ4v) is 6.81. The van der Waals surface area contributed by atoms with E-state index in [4.69, 9.17) is 10.7 Å². The lowest BCUT2D eigenvalue weighted by Crippen LogP contribution is -2.49. The molecule has 0 spiro atoms. The third-order valence-electron chi connectivity index (χ3n) is 6.27. The monoisotopic (exact) mass is 490 g/mol. The summed E-state index contributed by atoms with van der Waals surface area (Å²) in [5.41, 5.74) is 7.57. The molecule has 0 radical (unpaired) electrons. The fourth-order valence-electron chi connectivity index (χ4n) is 4.10. The number of nitrogens with zero attached hydrogens (tertiary/aromatic N) is 5. The molecule has 0 bridgehead atoms. The molecule has 1 unspecified atom stereocenters. The van der Waals surface area contributed by atoms with Crippen molar-refractivity contribution < 1.29 is 13.3 Å². The van der Waals surface area contributed by atoms with E-state index in [1.807, 2.05) is 20.8 Å². The molecule has 1 aromatic carbocycles. The Labute approximate surface area is 196 Å². The minimum atomic E-state index is -3.85. The first-order chi connectivity index (χ1) is 15.5. The Bertz CT molecular complexity index is 1350. The number of fused-ring (bicyclic) bond motifs is 1. The van der Waals surface area contributed by atoms with Gasteiger partial charge in [0.25, 0.3) is 5.69 Å². The van der Waals surface area contributed by atoms with Gasteiger partial charge in [0.15, 0.2) is 0 Å². The van der Waals surface area contributed by atoms with Crippen LogP contribution in [0.2, 0.25) is 0 Å². The minimum absolute atomic E-state index is 0.0248. The molecule has 1 fully saturated rings. The molecule has 33 heavy (non-hydrogen) atoms. The molecular weight excluding hydrogens is 464 g/mol. The number of benzene rings is 1. The molecule has 2 N–H and O–H groups in total. The van der Waals surface area contributed by atoms with Crippen LogP contribution in [-0.4, -0.2) is 58.7 Å². The normalized spacial score (nSPS) is 16.8. The van der Waals surface area contributed by atoms with E-state index in [2.05, 4.69) is 9.88 Å². The Hall–Kier alpha value is -2.67. The smallest absolute Gasteiger partial charge is 0.270 e. The molecule has 3 aromatic rings. The van der Waals surface area contributed by atoms with Crippen molar-refractivity contribution in [3.8, 4) is 0 Å². The number of nitro benzene ring substituents is 1. The highest BCUT2D eigenvalue weighted by Crippen LogP contribution is 2.34. The maximum absolute atomic E-state index is 13.2. The van der Waals surface area contributed by atoms with Gasteiger partial charge in [0, 0.05) is 43.2 Å². The van der Waals surface area contributed by atoms with Crippen LogP contribution < -0.4 is 5.73 Å². The van der Waals surface area contributed by atoms with E-state index in [9.17, 15) is 18.5 Å². The Morgan fingerprint density at radius 2 is 1.82 bits per heavy atom. The highest BCUT2D eigenvalue weighted by Gasteiger charge is 2.33. The largest absolute Gasteiger partial charge is 0.383 e. The van der Waals surface area contributed by atoms with Crippen molar-refractivity contribution in [3.05, 3.63) is 50.1 Å². The molecule has 3 heterocycles. The molecule has 1 aliphatic heterocycles. The van der Waals surface area contributed by atoms with Crippen LogP contribution in [0.4, 0.5) is 11.5 Å². The number of aryl methyl sites for hydroxylation is 3. The van der Waals surface area contributed by atoms with Gasteiger partial charge in [0.2, 0.25) is 10.0 Å². The van der Waals surface area contributed by atoms with Gasteiger partial charge in [-0.2, -0.15) is 4.31 Å². The predicted octanol–water partition coefficient (Wildman–Crippen LogP) is 3.17. The van der Waals surface area contributed by atoms with Crippen LogP contribution in [0.15, 0.2) is 23.1 Å². The van der Waals surface area contributed by atoms with Crippen molar-refractivity contribution in [1.82, 2.24) is 19.2 Å². The summed E-state index contributed by atoms with van der Waals surface area (Å²) in [7, 11) is -3.85. The third-order valence-corrected chi connectivity index (χ3v) is 9.41. The number of hydrogen-bond acceptors (Lipinski definition) is 9. The van der Waals surface area contributed by atoms with Crippen LogP contribution in [-0.2, 0) is 10.0 Å². The highest BCUT2D eigenvalue weighted by molar-refractivity contribution is 7.89. The first kappa shape index (κ1) is 23.5. The first-order valence-corrected chi connectivity index (χ1v) is 12.8. The maximum Gasteiger partial charge on any atom is 0.270 e. The summed E-state index contributed by atoms with van der Waals surface area (Å²) in [6.07, 6.45) is 0. The van der Waals surface area contributed by atoms with Gasteiger partial charge in [-0.3, -0.25) is 15.0 Å². The van der Waals surface area contributed by atoms with E-state index >= 15 is 0 Å². The Morgan fingerprint density at radius 1 is 1.15 bits per heavy atom. The predicted molar refractivity (Wildman–Crippen MR) is 128 cm³/mol. The van der Waals surface area contributed by atoms with E-state index in [-0.39, 0.29) is 29.7 Å². The molecule has 10 nitrogen and oxygen atoms in total. The van der Waals surface area contributed by atoms with E-state index in [0.29, 0.717) is 30.3 Å². The Balaban J connectivity index is 1.53. The number of nitrogen functional groups attached to an aromatic ring is 1. The topological polar surface area (TPSA) is 136 Å². The number of thiophene rings is 1. The second-order valence-corrected chi connectivity index (χ2v) is 11.4. The second kappa shape index (κ2) is 8.60. The number of non-ortho nitro benzene ring substituents is 1. The molecule has 4 rings (SSSR count). The minimum Gasteiger partial charge on any atom is -0.383 e. The zero-order valence-corrected chi connectivity index (χ0v) is 20.5. The molecule has 0 amide bonds. The van der Waals surface area contributed by atoms with E-state index < -0.39 is 14.9 Å². The molecule has 2 aromatic heterocycles. The van der Waals surface area contributed by atoms with Crippen molar-refractivity contribution in [1.29, 1.82) is 0 Å². The van der Waals surface area contributed by atoms with E-state index in [1.54, 1.807) is 18.3 Å². The highest BCUT2D eigenvalue weighted by atomic mass is 32.2. The summed E-state index contributed by atoms with van der Waals surface area (Å²) in [6, 6.07) is 3.78. The lowest BCUT2D eigenvalue weighted by molar-refractivity contribution is -0.385. The Morgan fingerprint density at radius 3 is 2.45 bits per heavy atom. The number of piperazine rings is 1. The summed E-state index contributed by atoms with van der Waals surface area (Å²) >= 11 is 1.59. The molecule has 176 valence electrons. The summed E-state index contributed by atoms with van der Waals surface area (Å²) in [5.74, 6) is 1.08. The van der Waals surface area contributed by atoms with Crippen LogP contribution in [0, 0.1) is 30.9 Å². The number of anilines is 1. The maximum atomic E-state index is 13.2. The molecular formula is C21H26N6O4S2. The first-order valence-electron chi connectivity index (χ1n) is 10.5. The molecule has 1 saturated heterocycles. The number of rotatable bonds is 5. The van der Waals surface area contributed by atoms with Gasteiger partial charge in [0.05, 0.1) is 21.2 Å². The van der Waals surface area contributed by atoms with Crippen molar-refractivity contribution in [2.24, 2.45) is 0 Å². The zero-order chi connectivity index (χ0) is 24.1. The van der Waals surface area contributed by atoms with Crippen LogP contribution >= 0.6 is 11.3 Å². The van der Waals surface area contributed by atoms with Crippen LogP contribution in [0.3, 0.4) is 0 Å². The number of nitro groups is 1. The average Bonchev–Trinajstić information content (AvgIpc) is 3.07. The lowest BCUT2D eigenvalue weighted by atomic mass is 10.2. The summed E-state index contributed by atoms with van der Waals surface area (Å²) in [4.78, 5) is 23.9. The Kier molecular flexibility index (Phi) is 6.12. The van der Waals surface area contributed by atoms with Crippen molar-refractivity contribution in [3.63, 3.8) is 0 Å². The summed E-state index contributed by atoms with van der Waals surface area (Å²) in [6.45, 7) is 9.18. The summed E-state index contributed by atoms with van der Waals surface area (Å²) in [5, 5.41) is 12.0. The molecule has 1 atom stereocenters. The van der Waals surface area contributed by atoms with Crippen LogP contribution in [0.25, 0.3) is 10.2 Å². The average molecular weight is 491 g/mol. The molecule has 0 aliphatic carbocycles. The zero-order valence-electron chi connectivity index (χ0n) is 18.9. The van der Waals surface area contributed by atoms with Gasteiger partial charge in [-0.05, 0) is 38.8 Å². The lowest BCUT2D eigenvalue weighted by Gasteiger charge is -2.37. The number of nitrogens with two attached hydrogens (primary N) is 1. The van der Waals surface area contributed by atoms with Crippen molar-refractivity contribution in [2.75, 3.05) is 31.9 Å². The van der Waals surface area contributed by atoms with Gasteiger partial charge in [-0.25, -0.2) is 18.4 Å². The van der Waals surface area contributed by atoms with E-state index in [1.165, 1.54) is 16.4 Å². The van der Waals surface area contributed by atoms with Crippen molar-refractivity contribution in [2.45, 2.75) is 38.6 Å². The van der Waals surface area contributed by atoms with Gasteiger partial charge in [-0.15, -0.1) is 11.3 Å². The number of sulfonamides is 1. The van der Waals surface area contributed by atoms with Gasteiger partial charge >= 0.3 is 0 Å². The quantitative estimate of drug-likeness (QED) is 0.425. The molecule has 0 saturated carbocycles. The molecule has 1 aliphatic rings. The van der Waals surface area contributed by atoms with Gasteiger partial charge in [-0.1, -0.05) is 6.07 Å². The third kappa shape index (κ3) is 4.19. The molecule has 12 heteroatoms. The van der Waals surface area contributed by atoms with Gasteiger partial charge < -0.3 is 5.73 Å². The van der Waals surface area contributed by atoms with Crippen LogP contribution in [0.5, 0.6) is 0 Å². The number of hydrogen-bond donors (Lipinski definition) is 1. The fraction of sp³-hybridized carbons (Fsp3) is 0.429. The van der Waals surface area contributed by atoms with E-state index in [0.717, 1.165) is 26.7 Å². The van der Waals surface area contributed by atoms with Crippen LogP contribution in [0.1, 0.15) is 34.8 Å². The SMILES string of the molecule is Cc1ccc([N+](=O)[O-])cc1S(=O)(=O)N1CCN(C(C)c2nc(N)c3c(C)c(C)sc3n2)CC1. The second-order valence-electron chi connectivity index (χ2n) is 8.25. The van der Waals surface area contributed by atoms with Crippen molar-refractivity contribution >= 4 is 43.1 Å². The van der Waals surface area contributed by atoms with Gasteiger partial charge in [0.1, 0.15) is 16.5 Å². The number of aromatic nitrogens is 2. The summed E-state index contributed by atoms with van der Waals surface area (Å²) < 4.78 is 27.8.